The zero-order valence-electron chi connectivity index (χ0n) is 9.76. The van der Waals surface area contributed by atoms with Crippen LogP contribution in [0.5, 0.6) is 0 Å². The second-order valence-corrected chi connectivity index (χ2v) is 4.58. The van der Waals surface area contributed by atoms with Crippen molar-refractivity contribution in [2.24, 2.45) is 0 Å². The third-order valence-corrected chi connectivity index (χ3v) is 2.71. The normalized spacial score (nSPS) is 24.8. The van der Waals surface area contributed by atoms with Gasteiger partial charge in [-0.05, 0) is 13.8 Å². The molecule has 1 amide bonds. The maximum Gasteiger partial charge on any atom is 0.274 e. The molecule has 0 saturated carbocycles. The SMILES string of the molecule is C[C@@H]1CN(C(=O)c2cncc(Cl)n2)C[C@H](C)O1. The fourth-order valence-electron chi connectivity index (χ4n) is 1.95. The number of carbonyl (C=O) groups is 1. The Morgan fingerprint density at radius 1 is 1.41 bits per heavy atom. The fraction of sp³-hybridized carbons (Fsp3) is 0.545. The van der Waals surface area contributed by atoms with Crippen molar-refractivity contribution in [3.63, 3.8) is 0 Å². The van der Waals surface area contributed by atoms with Gasteiger partial charge in [-0.15, -0.1) is 0 Å². The Morgan fingerprint density at radius 3 is 2.65 bits per heavy atom. The molecule has 0 aliphatic carbocycles. The number of aromatic nitrogens is 2. The van der Waals surface area contributed by atoms with E-state index in [1.807, 2.05) is 13.8 Å². The Morgan fingerprint density at radius 2 is 2.06 bits per heavy atom. The summed E-state index contributed by atoms with van der Waals surface area (Å²) >= 11 is 5.72. The van der Waals surface area contributed by atoms with Crippen LogP contribution < -0.4 is 0 Å². The molecule has 1 aromatic rings. The van der Waals surface area contributed by atoms with Gasteiger partial charge in [-0.25, -0.2) is 4.98 Å². The number of carbonyl (C=O) groups excluding carboxylic acids is 1. The van der Waals surface area contributed by atoms with Crippen molar-refractivity contribution in [3.8, 4) is 0 Å². The third kappa shape index (κ3) is 2.92. The highest BCUT2D eigenvalue weighted by molar-refractivity contribution is 6.29. The lowest BCUT2D eigenvalue weighted by molar-refractivity contribution is -0.0587. The summed E-state index contributed by atoms with van der Waals surface area (Å²) < 4.78 is 5.57. The molecule has 17 heavy (non-hydrogen) atoms. The van der Waals surface area contributed by atoms with Crippen molar-refractivity contribution >= 4 is 17.5 Å². The Hall–Kier alpha value is -1.20. The van der Waals surface area contributed by atoms with E-state index in [-0.39, 0.29) is 29.0 Å². The molecule has 2 atom stereocenters. The van der Waals surface area contributed by atoms with Crippen molar-refractivity contribution in [2.75, 3.05) is 13.1 Å². The van der Waals surface area contributed by atoms with E-state index in [9.17, 15) is 4.79 Å². The zero-order valence-corrected chi connectivity index (χ0v) is 10.5. The smallest absolute Gasteiger partial charge is 0.274 e. The largest absolute Gasteiger partial charge is 0.372 e. The molecule has 92 valence electrons. The predicted molar refractivity (Wildman–Crippen MR) is 63.0 cm³/mol. The van der Waals surface area contributed by atoms with Crippen LogP contribution in [0.25, 0.3) is 0 Å². The Balaban J connectivity index is 2.14. The first-order chi connectivity index (χ1) is 8.06. The first-order valence-corrected chi connectivity index (χ1v) is 5.86. The molecule has 0 N–H and O–H groups in total. The van der Waals surface area contributed by atoms with Crippen LogP contribution in [0.3, 0.4) is 0 Å². The van der Waals surface area contributed by atoms with Crippen molar-refractivity contribution < 1.29 is 9.53 Å². The summed E-state index contributed by atoms with van der Waals surface area (Å²) in [5.41, 5.74) is 0.277. The van der Waals surface area contributed by atoms with Gasteiger partial charge >= 0.3 is 0 Å². The molecule has 2 heterocycles. The van der Waals surface area contributed by atoms with Crippen molar-refractivity contribution in [3.05, 3.63) is 23.2 Å². The molecule has 1 saturated heterocycles. The zero-order chi connectivity index (χ0) is 12.4. The fourth-order valence-corrected chi connectivity index (χ4v) is 2.10. The first kappa shape index (κ1) is 12.3. The quantitative estimate of drug-likeness (QED) is 0.761. The number of ether oxygens (including phenoxy) is 1. The minimum absolute atomic E-state index is 0.0369. The van der Waals surface area contributed by atoms with Crippen molar-refractivity contribution in [1.82, 2.24) is 14.9 Å². The summed E-state index contributed by atoms with van der Waals surface area (Å²) in [4.78, 5) is 21.7. The van der Waals surface area contributed by atoms with Gasteiger partial charge in [-0.1, -0.05) is 11.6 Å². The van der Waals surface area contributed by atoms with Gasteiger partial charge in [-0.2, -0.15) is 0 Å². The minimum Gasteiger partial charge on any atom is -0.372 e. The van der Waals surface area contributed by atoms with Gasteiger partial charge in [0, 0.05) is 13.1 Å². The van der Waals surface area contributed by atoms with Crippen LogP contribution in [-0.2, 0) is 4.74 Å². The number of amides is 1. The maximum atomic E-state index is 12.2. The summed E-state index contributed by atoms with van der Waals surface area (Å²) in [6.07, 6.45) is 2.91. The van der Waals surface area contributed by atoms with Gasteiger partial charge in [0.2, 0.25) is 0 Å². The van der Waals surface area contributed by atoms with E-state index in [1.165, 1.54) is 12.4 Å². The molecule has 1 aliphatic heterocycles. The van der Waals surface area contributed by atoms with E-state index < -0.39 is 0 Å². The topological polar surface area (TPSA) is 55.3 Å². The van der Waals surface area contributed by atoms with Crippen LogP contribution in [0.2, 0.25) is 5.15 Å². The molecular formula is C11H14ClN3O2. The van der Waals surface area contributed by atoms with E-state index in [2.05, 4.69) is 9.97 Å². The minimum atomic E-state index is -0.151. The van der Waals surface area contributed by atoms with Gasteiger partial charge in [0.25, 0.3) is 5.91 Å². The van der Waals surface area contributed by atoms with Gasteiger partial charge in [0.05, 0.1) is 24.6 Å². The molecule has 2 rings (SSSR count). The van der Waals surface area contributed by atoms with E-state index in [1.54, 1.807) is 4.90 Å². The molecule has 1 aromatic heterocycles. The Labute approximate surface area is 105 Å². The van der Waals surface area contributed by atoms with Gasteiger partial charge in [0.15, 0.2) is 0 Å². The van der Waals surface area contributed by atoms with Crippen LogP contribution in [-0.4, -0.2) is 46.1 Å². The van der Waals surface area contributed by atoms with Crippen LogP contribution in [0.15, 0.2) is 12.4 Å². The molecular weight excluding hydrogens is 242 g/mol. The first-order valence-electron chi connectivity index (χ1n) is 5.48. The van der Waals surface area contributed by atoms with E-state index in [0.717, 1.165) is 0 Å². The second-order valence-electron chi connectivity index (χ2n) is 4.19. The summed E-state index contributed by atoms with van der Waals surface area (Å²) in [5, 5.41) is 0.227. The Kier molecular flexibility index (Phi) is 3.59. The lowest BCUT2D eigenvalue weighted by Gasteiger charge is -2.35. The molecule has 0 unspecified atom stereocenters. The van der Waals surface area contributed by atoms with E-state index >= 15 is 0 Å². The number of halogens is 1. The molecule has 0 bridgehead atoms. The molecule has 0 aromatic carbocycles. The number of nitrogens with zero attached hydrogens (tertiary/aromatic N) is 3. The predicted octanol–water partition coefficient (Wildman–Crippen LogP) is 1.38. The average molecular weight is 256 g/mol. The van der Waals surface area contributed by atoms with Gasteiger partial charge in [-0.3, -0.25) is 9.78 Å². The lowest BCUT2D eigenvalue weighted by Crippen LogP contribution is -2.48. The van der Waals surface area contributed by atoms with Gasteiger partial charge in [0.1, 0.15) is 10.8 Å². The highest BCUT2D eigenvalue weighted by Gasteiger charge is 2.27. The number of rotatable bonds is 1. The number of morpholine rings is 1. The standard InChI is InChI=1S/C11H14ClN3O2/c1-7-5-15(6-8(2)17-7)11(16)9-3-13-4-10(12)14-9/h3-4,7-8H,5-6H2,1-2H3/t7-,8+. The van der Waals surface area contributed by atoms with E-state index in [0.29, 0.717) is 13.1 Å². The molecule has 1 fully saturated rings. The monoisotopic (exact) mass is 255 g/mol. The van der Waals surface area contributed by atoms with Crippen LogP contribution in [0.1, 0.15) is 24.3 Å². The highest BCUT2D eigenvalue weighted by atomic mass is 35.5. The molecule has 0 spiro atoms. The lowest BCUT2D eigenvalue weighted by atomic mass is 10.2. The summed E-state index contributed by atoms with van der Waals surface area (Å²) in [7, 11) is 0. The molecule has 0 radical (unpaired) electrons. The Bertz CT molecular complexity index is 417. The van der Waals surface area contributed by atoms with E-state index in [4.69, 9.17) is 16.3 Å². The summed E-state index contributed by atoms with van der Waals surface area (Å²) in [6.45, 7) is 5.02. The van der Waals surface area contributed by atoms with Crippen molar-refractivity contribution in [1.29, 1.82) is 0 Å². The summed E-state index contributed by atoms with van der Waals surface area (Å²) in [5.74, 6) is -0.151. The van der Waals surface area contributed by atoms with Crippen LogP contribution >= 0.6 is 11.6 Å². The molecule has 1 aliphatic rings. The third-order valence-electron chi connectivity index (χ3n) is 2.53. The molecule has 6 heteroatoms. The van der Waals surface area contributed by atoms with Crippen molar-refractivity contribution in [2.45, 2.75) is 26.1 Å². The number of hydrogen-bond donors (Lipinski definition) is 0. The highest BCUT2D eigenvalue weighted by Crippen LogP contribution is 2.13. The van der Waals surface area contributed by atoms with Crippen LogP contribution in [0, 0.1) is 0 Å². The average Bonchev–Trinajstić information content (AvgIpc) is 2.26. The van der Waals surface area contributed by atoms with Crippen LogP contribution in [0.4, 0.5) is 0 Å². The maximum absolute atomic E-state index is 12.2. The van der Waals surface area contributed by atoms with Gasteiger partial charge < -0.3 is 9.64 Å². The molecule has 5 nitrogen and oxygen atoms in total. The number of hydrogen-bond acceptors (Lipinski definition) is 4. The summed E-state index contributed by atoms with van der Waals surface area (Å²) in [6, 6.07) is 0. The second kappa shape index (κ2) is 4.98.